The lowest BCUT2D eigenvalue weighted by molar-refractivity contribution is 0.657. The second kappa shape index (κ2) is 11.8. The number of fused-ring (bicyclic) bond motifs is 13. The molecule has 58 heavy (non-hydrogen) atoms. The fourth-order valence-electron chi connectivity index (χ4n) is 10.6. The fraction of sp³-hybridized carbons (Fsp3) is 0.107. The molecule has 0 amide bonds. The normalized spacial score (nSPS) is 14.5. The zero-order valence-corrected chi connectivity index (χ0v) is 33.1. The van der Waals surface area contributed by atoms with Crippen LogP contribution in [0.25, 0.3) is 76.9 Å². The molecule has 0 saturated heterocycles. The van der Waals surface area contributed by atoms with Crippen molar-refractivity contribution >= 4 is 60.5 Å². The Hall–Kier alpha value is -6.90. The molecule has 1 heterocycles. The van der Waals surface area contributed by atoms with Crippen LogP contribution in [0, 0.1) is 0 Å². The lowest BCUT2D eigenvalue weighted by Crippen LogP contribution is -2.17. The van der Waals surface area contributed by atoms with Gasteiger partial charge in [0.1, 0.15) is 5.58 Å². The molecule has 0 saturated carbocycles. The third-order valence-electron chi connectivity index (χ3n) is 13.4. The molecule has 0 aliphatic heterocycles. The number of hydrogen-bond acceptors (Lipinski definition) is 2. The van der Waals surface area contributed by atoms with Gasteiger partial charge in [-0.15, -0.1) is 0 Å². The maximum absolute atomic E-state index is 6.66. The maximum Gasteiger partial charge on any atom is 0.159 e. The largest absolute Gasteiger partial charge is 0.454 e. The Morgan fingerprint density at radius 2 is 0.966 bits per heavy atom. The van der Waals surface area contributed by atoms with Crippen LogP contribution in [0.15, 0.2) is 180 Å². The summed E-state index contributed by atoms with van der Waals surface area (Å²) < 4.78 is 6.66. The van der Waals surface area contributed by atoms with E-state index in [4.69, 9.17) is 4.42 Å². The van der Waals surface area contributed by atoms with Crippen molar-refractivity contribution in [2.75, 3.05) is 4.90 Å². The van der Waals surface area contributed by atoms with Gasteiger partial charge in [-0.3, -0.25) is 0 Å². The Labute approximate surface area is 338 Å². The van der Waals surface area contributed by atoms with Crippen molar-refractivity contribution in [3.05, 3.63) is 198 Å². The van der Waals surface area contributed by atoms with Crippen molar-refractivity contribution < 1.29 is 4.42 Å². The van der Waals surface area contributed by atoms with Crippen molar-refractivity contribution in [3.63, 3.8) is 0 Å². The third-order valence-corrected chi connectivity index (χ3v) is 13.4. The van der Waals surface area contributed by atoms with Gasteiger partial charge >= 0.3 is 0 Å². The van der Waals surface area contributed by atoms with Crippen LogP contribution in [0.1, 0.15) is 49.9 Å². The van der Waals surface area contributed by atoms with Gasteiger partial charge in [0, 0.05) is 33.0 Å². The molecule has 2 aliphatic carbocycles. The highest BCUT2D eigenvalue weighted by molar-refractivity contribution is 6.11. The summed E-state index contributed by atoms with van der Waals surface area (Å²) in [5.41, 5.74) is 18.2. The van der Waals surface area contributed by atoms with Crippen LogP contribution in [0.2, 0.25) is 0 Å². The summed E-state index contributed by atoms with van der Waals surface area (Å²) >= 11 is 0. The van der Waals surface area contributed by atoms with Gasteiger partial charge < -0.3 is 9.32 Å². The lowest BCUT2D eigenvalue weighted by atomic mass is 9.78. The minimum absolute atomic E-state index is 0.106. The van der Waals surface area contributed by atoms with Gasteiger partial charge in [-0.1, -0.05) is 155 Å². The van der Waals surface area contributed by atoms with Crippen LogP contribution >= 0.6 is 0 Å². The Bertz CT molecular complexity index is 3330. The number of nitrogens with zero attached hydrogens (tertiary/aromatic N) is 1. The van der Waals surface area contributed by atoms with Crippen molar-refractivity contribution in [2.24, 2.45) is 0 Å². The van der Waals surface area contributed by atoms with Crippen LogP contribution in [-0.2, 0) is 10.8 Å². The Morgan fingerprint density at radius 3 is 1.69 bits per heavy atom. The van der Waals surface area contributed by atoms with Crippen molar-refractivity contribution in [2.45, 2.75) is 38.5 Å². The van der Waals surface area contributed by atoms with Crippen molar-refractivity contribution in [1.82, 2.24) is 0 Å². The Kier molecular flexibility index (Phi) is 6.78. The van der Waals surface area contributed by atoms with Gasteiger partial charge in [-0.25, -0.2) is 0 Å². The van der Waals surface area contributed by atoms with Crippen LogP contribution in [0.4, 0.5) is 17.1 Å². The summed E-state index contributed by atoms with van der Waals surface area (Å²) in [6.45, 7) is 9.65. The first-order valence-corrected chi connectivity index (χ1v) is 20.4. The molecule has 0 N–H and O–H groups in total. The summed E-state index contributed by atoms with van der Waals surface area (Å²) in [7, 11) is 0. The molecule has 0 fully saturated rings. The van der Waals surface area contributed by atoms with Gasteiger partial charge in [-0.05, 0) is 126 Å². The van der Waals surface area contributed by atoms with Gasteiger partial charge in [0.2, 0.25) is 0 Å². The van der Waals surface area contributed by atoms with E-state index in [0.717, 1.165) is 39.0 Å². The van der Waals surface area contributed by atoms with Crippen molar-refractivity contribution in [3.8, 4) is 33.4 Å². The molecule has 0 radical (unpaired) electrons. The molecule has 2 nitrogen and oxygen atoms in total. The number of furan rings is 1. The minimum Gasteiger partial charge on any atom is -0.454 e. The highest BCUT2D eigenvalue weighted by Crippen LogP contribution is 2.58. The first-order valence-electron chi connectivity index (χ1n) is 20.4. The number of benzene rings is 9. The first-order chi connectivity index (χ1) is 28.3. The molecular weight excluding hydrogens is 703 g/mol. The SMILES string of the molecule is CC1(C)c2cc3c(cc2-c2ccc4ccccc4c21)C(C)(C)c1c-3ccc2cc(N(c3ccc(-c4ccccc4)cc3)c3cccc4c3oc3ccccc34)ccc12. The third kappa shape index (κ3) is 4.54. The van der Waals surface area contributed by atoms with Gasteiger partial charge in [0.25, 0.3) is 0 Å². The zero-order chi connectivity index (χ0) is 38.9. The molecule has 9 aromatic carbocycles. The van der Waals surface area contributed by atoms with E-state index in [0.29, 0.717) is 0 Å². The summed E-state index contributed by atoms with van der Waals surface area (Å²) in [4.78, 5) is 2.36. The maximum atomic E-state index is 6.66. The molecule has 0 atom stereocenters. The lowest BCUT2D eigenvalue weighted by Gasteiger charge is -2.27. The Balaban J connectivity index is 1.02. The van der Waals surface area contributed by atoms with E-state index in [1.807, 2.05) is 6.07 Å². The average Bonchev–Trinajstić information content (AvgIpc) is 3.83. The van der Waals surface area contributed by atoms with E-state index in [1.165, 1.54) is 77.2 Å². The predicted octanol–water partition coefficient (Wildman–Crippen LogP) is 15.6. The molecule has 276 valence electrons. The summed E-state index contributed by atoms with van der Waals surface area (Å²) in [6.07, 6.45) is 0. The van der Waals surface area contributed by atoms with E-state index in [1.54, 1.807) is 0 Å². The van der Waals surface area contributed by atoms with E-state index in [-0.39, 0.29) is 10.8 Å². The van der Waals surface area contributed by atoms with Gasteiger partial charge in [0.05, 0.1) is 5.69 Å². The molecular formula is C56H41NO. The highest BCUT2D eigenvalue weighted by atomic mass is 16.3. The molecule has 10 aromatic rings. The van der Waals surface area contributed by atoms with E-state index in [2.05, 4.69) is 202 Å². The Morgan fingerprint density at radius 1 is 0.397 bits per heavy atom. The summed E-state index contributed by atoms with van der Waals surface area (Å²) in [5.74, 6) is 0. The molecule has 0 spiro atoms. The fourth-order valence-corrected chi connectivity index (χ4v) is 10.6. The quantitative estimate of drug-likeness (QED) is 0.178. The zero-order valence-electron chi connectivity index (χ0n) is 33.1. The molecule has 0 bridgehead atoms. The summed E-state index contributed by atoms with van der Waals surface area (Å²) in [5, 5.41) is 7.44. The topological polar surface area (TPSA) is 16.4 Å². The monoisotopic (exact) mass is 743 g/mol. The van der Waals surface area contributed by atoms with Crippen LogP contribution in [0.3, 0.4) is 0 Å². The first kappa shape index (κ1) is 33.3. The molecule has 1 aromatic heterocycles. The van der Waals surface area contributed by atoms with Crippen LogP contribution in [0.5, 0.6) is 0 Å². The molecule has 0 unspecified atom stereocenters. The molecule has 2 heteroatoms. The van der Waals surface area contributed by atoms with Crippen LogP contribution in [-0.4, -0.2) is 0 Å². The second-order valence-electron chi connectivity index (χ2n) is 17.3. The summed E-state index contributed by atoms with van der Waals surface area (Å²) in [6, 6.07) is 64.7. The minimum atomic E-state index is -0.183. The standard InChI is InChI=1S/C56H41NO/c1-55(2)48-33-47-44-29-24-37-31-39(27-30-41(37)53(44)56(3,4)49(47)32-46(48)43-28-23-36-15-8-9-16-40(36)52(43)55)57(38-25-21-35(22-26-38)34-13-6-5-7-14-34)50-19-12-18-45-42-17-10-11-20-51(42)58-54(45)50/h5-33H,1-4H3. The van der Waals surface area contributed by atoms with Crippen molar-refractivity contribution in [1.29, 1.82) is 0 Å². The number of anilines is 3. The average molecular weight is 744 g/mol. The van der Waals surface area contributed by atoms with Gasteiger partial charge in [0.15, 0.2) is 5.58 Å². The number of rotatable bonds is 4. The molecule has 2 aliphatic rings. The second-order valence-corrected chi connectivity index (χ2v) is 17.3. The number of para-hydroxylation sites is 2. The van der Waals surface area contributed by atoms with E-state index >= 15 is 0 Å². The van der Waals surface area contributed by atoms with E-state index in [9.17, 15) is 0 Å². The smallest absolute Gasteiger partial charge is 0.159 e. The predicted molar refractivity (Wildman–Crippen MR) is 244 cm³/mol. The van der Waals surface area contributed by atoms with E-state index < -0.39 is 0 Å². The number of hydrogen-bond donors (Lipinski definition) is 0. The molecule has 12 rings (SSSR count). The highest BCUT2D eigenvalue weighted by Gasteiger charge is 2.43. The van der Waals surface area contributed by atoms with Crippen LogP contribution < -0.4 is 4.90 Å². The van der Waals surface area contributed by atoms with Gasteiger partial charge in [-0.2, -0.15) is 0 Å².